The van der Waals surface area contributed by atoms with E-state index in [4.69, 9.17) is 9.47 Å². The Kier molecular flexibility index (Phi) is 7.63. The topological polar surface area (TPSA) is 42.0 Å². The first-order chi connectivity index (χ1) is 17.0. The molecule has 11 heteroatoms. The highest BCUT2D eigenvalue weighted by atomic mass is 19.4. The molecular formula is C25H26F6N2O3. The van der Waals surface area contributed by atoms with Gasteiger partial charge in [-0.2, -0.15) is 26.3 Å². The number of amides is 1. The lowest BCUT2D eigenvalue weighted by atomic mass is 9.73. The number of piperidine rings is 1. The molecule has 2 fully saturated rings. The number of nitrogens with zero attached hydrogens (tertiary/aromatic N) is 2. The number of hydrogen-bond donors (Lipinski definition) is 0. The van der Waals surface area contributed by atoms with Gasteiger partial charge in [-0.05, 0) is 42.2 Å². The lowest BCUT2D eigenvalue weighted by molar-refractivity contribution is -0.169. The molecule has 0 saturated carbocycles. The number of hydrogen-bond acceptors (Lipinski definition) is 4. The fourth-order valence-corrected chi connectivity index (χ4v) is 4.75. The Morgan fingerprint density at radius 1 is 0.889 bits per heavy atom. The first-order valence-electron chi connectivity index (χ1n) is 11.5. The molecule has 0 bridgehead atoms. The highest BCUT2D eigenvalue weighted by Gasteiger charge is 2.40. The van der Waals surface area contributed by atoms with Crippen molar-refractivity contribution >= 4 is 5.91 Å². The van der Waals surface area contributed by atoms with Gasteiger partial charge in [0, 0.05) is 18.5 Å². The van der Waals surface area contributed by atoms with Crippen molar-refractivity contribution in [3.8, 4) is 0 Å². The lowest BCUT2D eigenvalue weighted by Gasteiger charge is -2.46. The van der Waals surface area contributed by atoms with Crippen molar-refractivity contribution in [2.75, 3.05) is 39.5 Å². The summed E-state index contributed by atoms with van der Waals surface area (Å²) < 4.78 is 90.2. The number of alkyl halides is 6. The molecule has 0 spiro atoms. The molecule has 0 N–H and O–H groups in total. The van der Waals surface area contributed by atoms with Crippen molar-refractivity contribution in [3.05, 3.63) is 70.8 Å². The van der Waals surface area contributed by atoms with Gasteiger partial charge in [0.2, 0.25) is 0 Å². The highest BCUT2D eigenvalue weighted by Crippen LogP contribution is 2.38. The van der Waals surface area contributed by atoms with Crippen LogP contribution in [0.5, 0.6) is 0 Å². The van der Waals surface area contributed by atoms with Crippen LogP contribution >= 0.6 is 0 Å². The zero-order chi connectivity index (χ0) is 26.0. The Balaban J connectivity index is 1.50. The van der Waals surface area contributed by atoms with Crippen LogP contribution in [0.3, 0.4) is 0 Å². The fourth-order valence-electron chi connectivity index (χ4n) is 4.75. The van der Waals surface area contributed by atoms with Gasteiger partial charge in [-0.1, -0.05) is 30.3 Å². The van der Waals surface area contributed by atoms with E-state index in [1.807, 2.05) is 35.3 Å². The molecule has 196 valence electrons. The maximum Gasteiger partial charge on any atom is 0.416 e. The van der Waals surface area contributed by atoms with Gasteiger partial charge in [-0.3, -0.25) is 9.80 Å². The van der Waals surface area contributed by atoms with E-state index in [-0.39, 0.29) is 30.8 Å². The number of ether oxygens (including phenoxy) is 2. The van der Waals surface area contributed by atoms with Crippen LogP contribution in [0.1, 0.15) is 35.1 Å². The number of benzene rings is 2. The molecule has 2 aliphatic rings. The van der Waals surface area contributed by atoms with Crippen LogP contribution in [0.4, 0.5) is 26.3 Å². The van der Waals surface area contributed by atoms with E-state index >= 15 is 0 Å². The van der Waals surface area contributed by atoms with E-state index in [1.165, 1.54) is 0 Å². The quantitative estimate of drug-likeness (QED) is 0.505. The summed E-state index contributed by atoms with van der Waals surface area (Å²) in [4.78, 5) is 12.2. The van der Waals surface area contributed by atoms with E-state index in [9.17, 15) is 31.1 Å². The number of rotatable bonds is 6. The fraction of sp³-hybridized carbons (Fsp3) is 0.480. The molecule has 0 unspecified atom stereocenters. The monoisotopic (exact) mass is 516 g/mol. The summed E-state index contributed by atoms with van der Waals surface area (Å²) in [7, 11) is 0. The molecule has 2 saturated heterocycles. The third kappa shape index (κ3) is 6.01. The molecule has 2 aromatic carbocycles. The van der Waals surface area contributed by atoms with Crippen molar-refractivity contribution in [2.45, 2.75) is 37.2 Å². The van der Waals surface area contributed by atoms with Crippen LogP contribution in [-0.4, -0.2) is 55.4 Å². The largest absolute Gasteiger partial charge is 0.416 e. The highest BCUT2D eigenvalue weighted by molar-refractivity contribution is 5.77. The molecule has 2 heterocycles. The molecule has 1 amide bonds. The molecule has 5 nitrogen and oxygen atoms in total. The minimum absolute atomic E-state index is 0.0281. The van der Waals surface area contributed by atoms with Gasteiger partial charge in [0.05, 0.1) is 37.5 Å². The predicted octanol–water partition coefficient (Wildman–Crippen LogP) is 5.05. The van der Waals surface area contributed by atoms with Gasteiger partial charge in [0.25, 0.3) is 5.91 Å². The summed E-state index contributed by atoms with van der Waals surface area (Å²) in [5.41, 5.74) is -2.45. The maximum absolute atomic E-state index is 13.2. The summed E-state index contributed by atoms with van der Waals surface area (Å²) in [5, 5.41) is 3.65. The average molecular weight is 516 g/mol. The van der Waals surface area contributed by atoms with Gasteiger partial charge in [-0.25, -0.2) is 5.01 Å². The van der Waals surface area contributed by atoms with Crippen LogP contribution in [0.25, 0.3) is 0 Å². The van der Waals surface area contributed by atoms with E-state index in [0.29, 0.717) is 51.2 Å². The lowest BCUT2D eigenvalue weighted by Crippen LogP contribution is -2.57. The second kappa shape index (κ2) is 10.4. The number of halogens is 6. The van der Waals surface area contributed by atoms with Crippen molar-refractivity contribution in [1.82, 2.24) is 10.0 Å². The van der Waals surface area contributed by atoms with E-state index < -0.39 is 35.5 Å². The first-order valence-corrected chi connectivity index (χ1v) is 11.5. The summed E-state index contributed by atoms with van der Waals surface area (Å²) in [5.74, 6) is -0.116. The Morgan fingerprint density at radius 2 is 1.50 bits per heavy atom. The van der Waals surface area contributed by atoms with Crippen molar-refractivity contribution in [1.29, 1.82) is 0 Å². The van der Waals surface area contributed by atoms with Crippen LogP contribution in [0.2, 0.25) is 0 Å². The Labute approximate surface area is 204 Å². The summed E-state index contributed by atoms with van der Waals surface area (Å²) >= 11 is 0. The second-order valence-electron chi connectivity index (χ2n) is 9.08. The first kappa shape index (κ1) is 26.4. The smallest absolute Gasteiger partial charge is 0.376 e. The molecular weight excluding hydrogens is 490 g/mol. The Hall–Kier alpha value is -2.63. The minimum atomic E-state index is -4.91. The Morgan fingerprint density at radius 3 is 2.06 bits per heavy atom. The van der Waals surface area contributed by atoms with Gasteiger partial charge < -0.3 is 9.47 Å². The van der Waals surface area contributed by atoms with Crippen LogP contribution in [-0.2, 0) is 38.6 Å². The number of carbonyl (C=O) groups is 1. The molecule has 0 atom stereocenters. The zero-order valence-electron chi connectivity index (χ0n) is 19.4. The molecule has 4 rings (SSSR count). The van der Waals surface area contributed by atoms with Gasteiger partial charge in [0.1, 0.15) is 6.61 Å². The zero-order valence-corrected chi connectivity index (χ0v) is 19.4. The summed E-state index contributed by atoms with van der Waals surface area (Å²) in [6.07, 6.45) is -8.63. The van der Waals surface area contributed by atoms with E-state index in [1.54, 1.807) is 5.01 Å². The molecule has 2 aromatic rings. The van der Waals surface area contributed by atoms with Gasteiger partial charge in [0.15, 0.2) is 0 Å². The number of carbonyl (C=O) groups excluding carboxylic acids is 1. The average Bonchev–Trinajstić information content (AvgIpc) is 2.84. The van der Waals surface area contributed by atoms with E-state index in [0.717, 1.165) is 5.56 Å². The third-order valence-corrected chi connectivity index (χ3v) is 6.68. The molecule has 0 radical (unpaired) electrons. The van der Waals surface area contributed by atoms with Crippen molar-refractivity contribution in [3.63, 3.8) is 0 Å². The summed E-state index contributed by atoms with van der Waals surface area (Å²) in [6.45, 7) is 1.75. The summed E-state index contributed by atoms with van der Waals surface area (Å²) in [6, 6.07) is 11.0. The van der Waals surface area contributed by atoms with Crippen LogP contribution in [0.15, 0.2) is 48.5 Å². The SMILES string of the molecule is O=C1COCCN1N1CCC(COCc2cc(C(F)(F)F)cc(C(F)(F)F)c2)(c2ccccc2)CC1. The van der Waals surface area contributed by atoms with Gasteiger partial charge >= 0.3 is 12.4 Å². The third-order valence-electron chi connectivity index (χ3n) is 6.68. The number of morpholine rings is 1. The second-order valence-corrected chi connectivity index (χ2v) is 9.08. The van der Waals surface area contributed by atoms with Gasteiger partial charge in [-0.15, -0.1) is 0 Å². The normalized spacial score (nSPS) is 19.5. The maximum atomic E-state index is 13.2. The Bertz CT molecular complexity index is 1020. The molecule has 36 heavy (non-hydrogen) atoms. The standard InChI is InChI=1S/C25H26F6N2O3/c26-24(27,28)20-12-18(13-21(14-20)25(29,30)31)15-36-17-23(19-4-2-1-3-5-19)6-8-32(9-7-23)33-10-11-35-16-22(33)34/h1-5,12-14H,6-11,15-17H2. The van der Waals surface area contributed by atoms with Crippen molar-refractivity contribution in [2.24, 2.45) is 0 Å². The van der Waals surface area contributed by atoms with Crippen molar-refractivity contribution < 1.29 is 40.6 Å². The predicted molar refractivity (Wildman–Crippen MR) is 118 cm³/mol. The molecule has 0 aromatic heterocycles. The molecule has 0 aliphatic carbocycles. The van der Waals surface area contributed by atoms with Crippen LogP contribution in [0, 0.1) is 0 Å². The minimum Gasteiger partial charge on any atom is -0.376 e. The number of hydrazine groups is 1. The van der Waals surface area contributed by atoms with Crippen LogP contribution < -0.4 is 0 Å². The molecule has 2 aliphatic heterocycles. The van der Waals surface area contributed by atoms with E-state index in [2.05, 4.69) is 0 Å².